The van der Waals surface area contributed by atoms with Gasteiger partial charge in [-0.05, 0) is 53.2 Å². The Labute approximate surface area is 198 Å². The second kappa shape index (κ2) is 10.1. The van der Waals surface area contributed by atoms with Crippen molar-refractivity contribution in [1.82, 2.24) is 0 Å². The number of hydrogen-bond acceptors (Lipinski definition) is 2. The van der Waals surface area contributed by atoms with Gasteiger partial charge < -0.3 is 4.74 Å². The van der Waals surface area contributed by atoms with Crippen molar-refractivity contribution >= 4 is 5.78 Å². The number of ketones is 1. The van der Waals surface area contributed by atoms with Gasteiger partial charge in [0.1, 0.15) is 0 Å². The van der Waals surface area contributed by atoms with Crippen LogP contribution in [0.3, 0.4) is 0 Å². The fourth-order valence-electron chi connectivity index (χ4n) is 5.58. The summed E-state index contributed by atoms with van der Waals surface area (Å²) in [7, 11) is 0. The fraction of sp³-hybridized carbons (Fsp3) is 0.387. The Morgan fingerprint density at radius 3 is 2.70 bits per heavy atom. The minimum Gasteiger partial charge on any atom is -0.377 e. The molecule has 0 aromatic heterocycles. The first-order chi connectivity index (χ1) is 16.2. The van der Waals surface area contributed by atoms with E-state index in [4.69, 9.17) is 4.74 Å². The van der Waals surface area contributed by atoms with Crippen molar-refractivity contribution < 1.29 is 9.53 Å². The number of carbonyl (C=O) groups is 1. The van der Waals surface area contributed by atoms with E-state index in [-0.39, 0.29) is 11.7 Å². The Kier molecular flexibility index (Phi) is 6.73. The lowest BCUT2D eigenvalue weighted by atomic mass is 9.81. The number of Topliss-reactive ketones (excluding diaryl/α,β-unsaturated/α-hetero) is 1. The topological polar surface area (TPSA) is 26.3 Å². The highest BCUT2D eigenvalue weighted by atomic mass is 16.5. The molecule has 1 saturated carbocycles. The van der Waals surface area contributed by atoms with Crippen LogP contribution in [0.25, 0.3) is 0 Å². The van der Waals surface area contributed by atoms with Gasteiger partial charge in [0.2, 0.25) is 0 Å². The van der Waals surface area contributed by atoms with Crippen molar-refractivity contribution in [2.75, 3.05) is 13.2 Å². The Balaban J connectivity index is 1.11. The Hall–Kier alpha value is -2.71. The summed E-state index contributed by atoms with van der Waals surface area (Å²) in [4.78, 5) is 12.9. The maximum absolute atomic E-state index is 12.9. The molecule has 0 saturated heterocycles. The van der Waals surface area contributed by atoms with E-state index in [1.807, 2.05) is 24.3 Å². The summed E-state index contributed by atoms with van der Waals surface area (Å²) in [5.74, 6) is 1.62. The van der Waals surface area contributed by atoms with Gasteiger partial charge in [-0.2, -0.15) is 0 Å². The summed E-state index contributed by atoms with van der Waals surface area (Å²) in [6, 6.07) is 0. The third-order valence-electron chi connectivity index (χ3n) is 7.52. The molecule has 0 N–H and O–H groups in total. The van der Waals surface area contributed by atoms with Crippen LogP contribution in [-0.2, 0) is 9.53 Å². The monoisotopic (exact) mass is 438 g/mol. The normalized spacial score (nSPS) is 25.8. The second-order valence-electron chi connectivity index (χ2n) is 9.94. The molecule has 2 unspecified atom stereocenters. The van der Waals surface area contributed by atoms with Gasteiger partial charge in [-0.25, -0.2) is 0 Å². The van der Waals surface area contributed by atoms with Crippen LogP contribution in [0.1, 0.15) is 44.9 Å². The largest absolute Gasteiger partial charge is 0.377 e. The van der Waals surface area contributed by atoms with Crippen molar-refractivity contribution in [1.29, 1.82) is 0 Å². The number of ether oxygens (including phenoxy) is 1. The molecule has 2 heteroatoms. The van der Waals surface area contributed by atoms with Crippen molar-refractivity contribution in [2.45, 2.75) is 44.9 Å². The highest BCUT2D eigenvalue weighted by Crippen LogP contribution is 2.35. The molecule has 5 aliphatic carbocycles. The van der Waals surface area contributed by atoms with Gasteiger partial charge in [0, 0.05) is 30.4 Å². The van der Waals surface area contributed by atoms with E-state index in [0.717, 1.165) is 35.7 Å². The second-order valence-corrected chi connectivity index (χ2v) is 9.94. The predicted octanol–water partition coefficient (Wildman–Crippen LogP) is 7.08. The van der Waals surface area contributed by atoms with Gasteiger partial charge in [0.05, 0.1) is 6.61 Å². The highest BCUT2D eigenvalue weighted by Gasteiger charge is 2.23. The van der Waals surface area contributed by atoms with Crippen molar-refractivity contribution in [3.63, 3.8) is 0 Å². The summed E-state index contributed by atoms with van der Waals surface area (Å²) in [5.41, 5.74) is 6.79. The Morgan fingerprint density at radius 1 is 0.970 bits per heavy atom. The van der Waals surface area contributed by atoms with Gasteiger partial charge in [-0.3, -0.25) is 4.79 Å². The SMILES string of the molecule is C=C1C=C(C(=O)CCC2=CC3C=C(COCCC4CCCC4)C=CC3=C2)C=C2C=CC=CC12. The molecule has 0 aromatic rings. The zero-order valence-electron chi connectivity index (χ0n) is 19.5. The third kappa shape index (κ3) is 5.28. The number of allylic oxidation sites excluding steroid dienone is 15. The molecular weight excluding hydrogens is 404 g/mol. The molecule has 0 bridgehead atoms. The van der Waals surface area contributed by atoms with Crippen LogP contribution >= 0.6 is 0 Å². The zero-order valence-corrected chi connectivity index (χ0v) is 19.5. The van der Waals surface area contributed by atoms with E-state index in [9.17, 15) is 4.79 Å². The average molecular weight is 439 g/mol. The smallest absolute Gasteiger partial charge is 0.163 e. The summed E-state index contributed by atoms with van der Waals surface area (Å²) in [6.45, 7) is 5.74. The maximum Gasteiger partial charge on any atom is 0.163 e. The first-order valence-corrected chi connectivity index (χ1v) is 12.5. The minimum atomic E-state index is 0.196. The molecule has 170 valence electrons. The van der Waals surface area contributed by atoms with Gasteiger partial charge in [-0.15, -0.1) is 0 Å². The maximum atomic E-state index is 12.9. The fourth-order valence-corrected chi connectivity index (χ4v) is 5.58. The lowest BCUT2D eigenvalue weighted by Crippen LogP contribution is -2.12. The molecule has 2 nitrogen and oxygen atoms in total. The van der Waals surface area contributed by atoms with E-state index in [2.05, 4.69) is 49.1 Å². The van der Waals surface area contributed by atoms with Crippen LogP contribution in [0.5, 0.6) is 0 Å². The number of carbonyl (C=O) groups excluding carboxylic acids is 1. The van der Waals surface area contributed by atoms with E-state index >= 15 is 0 Å². The molecule has 0 aliphatic heterocycles. The van der Waals surface area contributed by atoms with Crippen LogP contribution in [0.15, 0.2) is 107 Å². The summed E-state index contributed by atoms with van der Waals surface area (Å²) in [5, 5.41) is 0. The lowest BCUT2D eigenvalue weighted by molar-refractivity contribution is -0.115. The summed E-state index contributed by atoms with van der Waals surface area (Å²) >= 11 is 0. The van der Waals surface area contributed by atoms with E-state index in [1.54, 1.807) is 0 Å². The summed E-state index contributed by atoms with van der Waals surface area (Å²) < 4.78 is 5.97. The van der Waals surface area contributed by atoms with Gasteiger partial charge in [0.25, 0.3) is 0 Å². The van der Waals surface area contributed by atoms with Crippen LogP contribution in [-0.4, -0.2) is 19.0 Å². The highest BCUT2D eigenvalue weighted by molar-refractivity contribution is 5.99. The number of fused-ring (bicyclic) bond motifs is 2. The van der Waals surface area contributed by atoms with Crippen molar-refractivity contribution in [2.24, 2.45) is 17.8 Å². The standard InChI is InChI=1S/C31H34O2/c1-22-16-29(20-27-8-4-5-9-30(22)27)31(32)13-11-24-17-26-12-10-25(19-28(26)18-24)21-33-15-14-23-6-2-3-7-23/h4-5,8-10,12,16-20,23,28,30H,1-3,6-7,11,13-15,21H2. The quantitative estimate of drug-likeness (QED) is 0.360. The molecule has 5 rings (SSSR count). The molecule has 33 heavy (non-hydrogen) atoms. The van der Waals surface area contributed by atoms with Crippen LogP contribution in [0, 0.1) is 17.8 Å². The van der Waals surface area contributed by atoms with Crippen molar-refractivity contribution in [3.05, 3.63) is 107 Å². The molecular formula is C31H34O2. The molecule has 0 heterocycles. The molecule has 2 atom stereocenters. The van der Waals surface area contributed by atoms with E-state index in [0.29, 0.717) is 18.9 Å². The van der Waals surface area contributed by atoms with Crippen LogP contribution in [0.4, 0.5) is 0 Å². The van der Waals surface area contributed by atoms with E-state index < -0.39 is 0 Å². The number of rotatable bonds is 9. The molecule has 1 fully saturated rings. The number of hydrogen-bond donors (Lipinski definition) is 0. The van der Waals surface area contributed by atoms with E-state index in [1.165, 1.54) is 48.8 Å². The van der Waals surface area contributed by atoms with Crippen molar-refractivity contribution in [3.8, 4) is 0 Å². The molecule has 5 aliphatic rings. The van der Waals surface area contributed by atoms with Crippen LogP contribution < -0.4 is 0 Å². The predicted molar refractivity (Wildman–Crippen MR) is 136 cm³/mol. The molecule has 0 spiro atoms. The van der Waals surface area contributed by atoms with Crippen LogP contribution in [0.2, 0.25) is 0 Å². The molecule has 0 radical (unpaired) electrons. The lowest BCUT2D eigenvalue weighted by Gasteiger charge is -2.22. The first kappa shape index (κ1) is 22.1. The average Bonchev–Trinajstić information content (AvgIpc) is 3.49. The molecule has 0 amide bonds. The Bertz CT molecular complexity index is 1060. The van der Waals surface area contributed by atoms with Gasteiger partial charge >= 0.3 is 0 Å². The van der Waals surface area contributed by atoms with Gasteiger partial charge in [-0.1, -0.05) is 92.5 Å². The molecule has 0 aromatic carbocycles. The summed E-state index contributed by atoms with van der Waals surface area (Å²) in [6.07, 6.45) is 31.6. The van der Waals surface area contributed by atoms with Gasteiger partial charge in [0.15, 0.2) is 5.78 Å². The Morgan fingerprint density at radius 2 is 1.82 bits per heavy atom. The third-order valence-corrected chi connectivity index (χ3v) is 7.52. The minimum absolute atomic E-state index is 0.196. The first-order valence-electron chi connectivity index (χ1n) is 12.5. The zero-order chi connectivity index (χ0) is 22.6.